The Morgan fingerprint density at radius 2 is 1.93 bits per heavy atom. The van der Waals surface area contributed by atoms with Crippen molar-refractivity contribution in [1.82, 2.24) is 4.98 Å². The van der Waals surface area contributed by atoms with Crippen LogP contribution in [0.3, 0.4) is 0 Å². The topological polar surface area (TPSA) is 26.0 Å². The monoisotopic (exact) mass is 239 g/mol. The number of hydrogen-bond donors (Lipinski definition) is 0. The van der Waals surface area contributed by atoms with Gasteiger partial charge in [-0.25, -0.2) is 4.98 Å². The van der Waals surface area contributed by atoms with E-state index in [9.17, 15) is 0 Å². The van der Waals surface area contributed by atoms with Crippen LogP contribution >= 0.6 is 23.2 Å². The molecule has 2 aromatic rings. The zero-order valence-electron chi connectivity index (χ0n) is 7.71. The van der Waals surface area contributed by atoms with Crippen LogP contribution in [0, 0.1) is 0 Å². The first-order chi connectivity index (χ1) is 7.22. The zero-order valence-corrected chi connectivity index (χ0v) is 9.22. The van der Waals surface area contributed by atoms with Crippen molar-refractivity contribution in [2.45, 2.75) is 0 Å². The third-order valence-electron chi connectivity index (χ3n) is 1.91. The van der Waals surface area contributed by atoms with Crippen molar-refractivity contribution >= 4 is 29.3 Å². The molecule has 1 heterocycles. The Hall–Kier alpha value is -1.25. The molecule has 0 aliphatic rings. The molecule has 0 N–H and O–H groups in total. The Kier molecular flexibility index (Phi) is 2.80. The predicted octanol–water partition coefficient (Wildman–Crippen LogP) is 4.29. The van der Waals surface area contributed by atoms with Crippen LogP contribution in [0.1, 0.15) is 5.89 Å². The summed E-state index contributed by atoms with van der Waals surface area (Å²) in [6.07, 6.45) is 3.10. The van der Waals surface area contributed by atoms with Gasteiger partial charge in [0, 0.05) is 0 Å². The molecule has 0 fully saturated rings. The molecule has 0 bridgehead atoms. The Balaban J connectivity index is 2.58. The summed E-state index contributed by atoms with van der Waals surface area (Å²) in [6, 6.07) is 5.27. The van der Waals surface area contributed by atoms with Gasteiger partial charge in [0.2, 0.25) is 5.89 Å². The van der Waals surface area contributed by atoms with Gasteiger partial charge >= 0.3 is 0 Å². The average molecular weight is 240 g/mol. The largest absolute Gasteiger partial charge is 0.437 e. The van der Waals surface area contributed by atoms with Gasteiger partial charge in [-0.1, -0.05) is 35.8 Å². The van der Waals surface area contributed by atoms with Crippen LogP contribution in [0.4, 0.5) is 0 Å². The molecule has 0 atom stereocenters. The minimum absolute atomic E-state index is 0.445. The van der Waals surface area contributed by atoms with Crippen molar-refractivity contribution in [3.8, 4) is 11.3 Å². The van der Waals surface area contributed by atoms with Gasteiger partial charge in [0.1, 0.15) is 0 Å². The standard InChI is InChI=1S/C11H7Cl2NO/c1-2-10-14-6-9(15-10)11-7(12)4-3-5-8(11)13/h2-6H,1H2. The normalized spacial score (nSPS) is 10.3. The number of aromatic nitrogens is 1. The van der Waals surface area contributed by atoms with Crippen molar-refractivity contribution in [3.63, 3.8) is 0 Å². The summed E-state index contributed by atoms with van der Waals surface area (Å²) in [4.78, 5) is 3.99. The number of oxazole rings is 1. The summed E-state index contributed by atoms with van der Waals surface area (Å²) < 4.78 is 5.38. The van der Waals surface area contributed by atoms with E-state index in [0.29, 0.717) is 27.3 Å². The maximum atomic E-state index is 6.02. The molecular weight excluding hydrogens is 233 g/mol. The molecular formula is C11H7Cl2NO. The van der Waals surface area contributed by atoms with Crippen LogP contribution < -0.4 is 0 Å². The number of halogens is 2. The smallest absolute Gasteiger partial charge is 0.218 e. The minimum Gasteiger partial charge on any atom is -0.437 e. The zero-order chi connectivity index (χ0) is 10.8. The summed E-state index contributed by atoms with van der Waals surface area (Å²) in [5, 5.41) is 1.07. The number of hydrogen-bond acceptors (Lipinski definition) is 2. The molecule has 0 spiro atoms. The maximum Gasteiger partial charge on any atom is 0.218 e. The van der Waals surface area contributed by atoms with Gasteiger partial charge in [0.25, 0.3) is 0 Å². The lowest BCUT2D eigenvalue weighted by Gasteiger charge is -2.01. The minimum atomic E-state index is 0.445. The summed E-state index contributed by atoms with van der Waals surface area (Å²) >= 11 is 12.0. The molecule has 2 nitrogen and oxygen atoms in total. The Labute approximate surface area is 97.1 Å². The average Bonchev–Trinajstić information content (AvgIpc) is 2.66. The number of benzene rings is 1. The van der Waals surface area contributed by atoms with Crippen molar-refractivity contribution in [3.05, 3.63) is 46.9 Å². The first-order valence-electron chi connectivity index (χ1n) is 4.25. The molecule has 76 valence electrons. The lowest BCUT2D eigenvalue weighted by atomic mass is 10.2. The second-order valence-electron chi connectivity index (χ2n) is 2.86. The van der Waals surface area contributed by atoms with E-state index in [4.69, 9.17) is 27.6 Å². The van der Waals surface area contributed by atoms with Crippen LogP contribution in [0.2, 0.25) is 10.0 Å². The number of rotatable bonds is 2. The Bertz CT molecular complexity index is 485. The maximum absolute atomic E-state index is 6.02. The van der Waals surface area contributed by atoms with Crippen LogP contribution in [-0.4, -0.2) is 4.98 Å². The fourth-order valence-corrected chi connectivity index (χ4v) is 1.81. The van der Waals surface area contributed by atoms with Gasteiger partial charge in [-0.05, 0) is 18.2 Å². The molecule has 2 rings (SSSR count). The van der Waals surface area contributed by atoms with E-state index in [0.717, 1.165) is 0 Å². The number of nitrogens with zero attached hydrogens (tertiary/aromatic N) is 1. The highest BCUT2D eigenvalue weighted by atomic mass is 35.5. The van der Waals surface area contributed by atoms with Crippen molar-refractivity contribution in [2.24, 2.45) is 0 Å². The molecule has 1 aromatic carbocycles. The highest BCUT2D eigenvalue weighted by molar-refractivity contribution is 6.39. The molecule has 0 aliphatic carbocycles. The molecule has 15 heavy (non-hydrogen) atoms. The lowest BCUT2D eigenvalue weighted by Crippen LogP contribution is -1.77. The SMILES string of the molecule is C=Cc1ncc(-c2c(Cl)cccc2Cl)o1. The first kappa shape index (κ1) is 10.3. The van der Waals surface area contributed by atoms with Crippen LogP contribution in [-0.2, 0) is 0 Å². The summed E-state index contributed by atoms with van der Waals surface area (Å²) in [5.41, 5.74) is 0.654. The van der Waals surface area contributed by atoms with E-state index < -0.39 is 0 Å². The second kappa shape index (κ2) is 4.09. The van der Waals surface area contributed by atoms with E-state index in [1.54, 1.807) is 24.4 Å². The molecule has 0 aliphatic heterocycles. The van der Waals surface area contributed by atoms with Gasteiger partial charge in [-0.3, -0.25) is 0 Å². The van der Waals surface area contributed by atoms with Crippen molar-refractivity contribution in [1.29, 1.82) is 0 Å². The molecule has 0 radical (unpaired) electrons. The van der Waals surface area contributed by atoms with E-state index in [-0.39, 0.29) is 0 Å². The van der Waals surface area contributed by atoms with Gasteiger partial charge in [-0.2, -0.15) is 0 Å². The molecule has 0 saturated carbocycles. The van der Waals surface area contributed by atoms with E-state index in [1.165, 1.54) is 6.08 Å². The molecule has 0 saturated heterocycles. The van der Waals surface area contributed by atoms with Crippen molar-refractivity contribution in [2.75, 3.05) is 0 Å². The van der Waals surface area contributed by atoms with Crippen LogP contribution in [0.25, 0.3) is 17.4 Å². The summed E-state index contributed by atoms with van der Waals surface area (Å²) in [5.74, 6) is 0.987. The molecule has 0 amide bonds. The van der Waals surface area contributed by atoms with E-state index in [2.05, 4.69) is 11.6 Å². The lowest BCUT2D eigenvalue weighted by molar-refractivity contribution is 0.560. The Morgan fingerprint density at radius 3 is 2.47 bits per heavy atom. The third-order valence-corrected chi connectivity index (χ3v) is 2.54. The highest BCUT2D eigenvalue weighted by Gasteiger charge is 2.12. The highest BCUT2D eigenvalue weighted by Crippen LogP contribution is 2.34. The van der Waals surface area contributed by atoms with Gasteiger partial charge in [0.15, 0.2) is 5.76 Å². The van der Waals surface area contributed by atoms with Gasteiger partial charge in [-0.15, -0.1) is 0 Å². The molecule has 4 heteroatoms. The van der Waals surface area contributed by atoms with Gasteiger partial charge in [0.05, 0.1) is 21.8 Å². The summed E-state index contributed by atoms with van der Waals surface area (Å²) in [7, 11) is 0. The van der Waals surface area contributed by atoms with Crippen molar-refractivity contribution < 1.29 is 4.42 Å². The van der Waals surface area contributed by atoms with E-state index >= 15 is 0 Å². The first-order valence-corrected chi connectivity index (χ1v) is 5.00. The van der Waals surface area contributed by atoms with E-state index in [1.807, 2.05) is 0 Å². The fourth-order valence-electron chi connectivity index (χ4n) is 1.23. The molecule has 0 unspecified atom stereocenters. The predicted molar refractivity (Wildman–Crippen MR) is 62.1 cm³/mol. The Morgan fingerprint density at radius 1 is 1.27 bits per heavy atom. The second-order valence-corrected chi connectivity index (χ2v) is 3.68. The van der Waals surface area contributed by atoms with Crippen LogP contribution in [0.15, 0.2) is 35.4 Å². The fraction of sp³-hybridized carbons (Fsp3) is 0. The summed E-state index contributed by atoms with van der Waals surface area (Å²) in [6.45, 7) is 3.56. The molecule has 1 aromatic heterocycles. The van der Waals surface area contributed by atoms with Crippen LogP contribution in [0.5, 0.6) is 0 Å². The third kappa shape index (κ3) is 1.91. The quantitative estimate of drug-likeness (QED) is 0.782. The van der Waals surface area contributed by atoms with Gasteiger partial charge < -0.3 is 4.42 Å².